The normalized spacial score (nSPS) is 12.8. The van der Waals surface area contributed by atoms with Gasteiger partial charge in [-0.25, -0.2) is 9.18 Å². The lowest BCUT2D eigenvalue weighted by Crippen LogP contribution is -2.30. The number of ether oxygens (including phenoxy) is 2. The highest BCUT2D eigenvalue weighted by atomic mass is 19.4. The number of rotatable bonds is 8. The van der Waals surface area contributed by atoms with Crippen LogP contribution >= 0.6 is 0 Å². The molecule has 0 aromatic heterocycles. The molecule has 0 radical (unpaired) electrons. The van der Waals surface area contributed by atoms with Gasteiger partial charge in [-0.15, -0.1) is 0 Å². The van der Waals surface area contributed by atoms with Crippen LogP contribution in [0.4, 0.5) is 41.2 Å². The van der Waals surface area contributed by atoms with E-state index in [1.54, 1.807) is 6.92 Å². The monoisotopic (exact) mass is 521 g/mol. The van der Waals surface area contributed by atoms with Gasteiger partial charge in [0.15, 0.2) is 5.75 Å². The van der Waals surface area contributed by atoms with Crippen molar-refractivity contribution in [1.82, 2.24) is 0 Å². The van der Waals surface area contributed by atoms with Crippen molar-refractivity contribution in [3.8, 4) is 5.75 Å². The first kappa shape index (κ1) is 28.6. The summed E-state index contributed by atoms with van der Waals surface area (Å²) in [6.07, 6.45) is -10.2. The molecule has 0 aliphatic rings. The molecule has 6 nitrogen and oxygen atoms in total. The molecule has 0 unspecified atom stereocenters. The third kappa shape index (κ3) is 7.44. The van der Waals surface area contributed by atoms with Gasteiger partial charge in [-0.3, -0.25) is 9.89 Å². The summed E-state index contributed by atoms with van der Waals surface area (Å²) in [5.41, 5.74) is 0.926. The minimum Gasteiger partial charge on any atom is -0.409 e. The molecule has 2 aromatic carbocycles. The Kier molecular flexibility index (Phi) is 9.45. The zero-order valence-corrected chi connectivity index (χ0v) is 19.1. The highest BCUT2D eigenvalue weighted by Crippen LogP contribution is 2.44. The fourth-order valence-corrected chi connectivity index (χ4v) is 2.88. The summed E-state index contributed by atoms with van der Waals surface area (Å²) < 4.78 is 105. The topological polar surface area (TPSA) is 77.1 Å². The van der Waals surface area contributed by atoms with E-state index in [0.29, 0.717) is 12.7 Å². The van der Waals surface area contributed by atoms with Crippen molar-refractivity contribution in [3.63, 3.8) is 0 Å². The second-order valence-electron chi connectivity index (χ2n) is 7.15. The molecule has 0 spiro atoms. The number of amides is 1. The molecule has 0 saturated heterocycles. The van der Waals surface area contributed by atoms with Gasteiger partial charge in [0.1, 0.15) is 5.82 Å². The van der Waals surface area contributed by atoms with Crippen LogP contribution in [0.5, 0.6) is 5.75 Å². The molecule has 0 aliphatic heterocycles. The van der Waals surface area contributed by atoms with Gasteiger partial charge in [0.05, 0.1) is 24.3 Å². The lowest BCUT2D eigenvalue weighted by Gasteiger charge is -2.22. The SMILES string of the molecule is CCOCCN=C/C(=C\N)c1cc(C(F)(F)F)cc(C(F)(F)F)c1OC(=O)N(C)c1ccc(F)cc1. The van der Waals surface area contributed by atoms with E-state index in [-0.39, 0.29) is 30.5 Å². The van der Waals surface area contributed by atoms with E-state index in [1.165, 1.54) is 0 Å². The van der Waals surface area contributed by atoms with Crippen molar-refractivity contribution in [2.45, 2.75) is 19.3 Å². The number of anilines is 1. The molecular formula is C23H22F7N3O3. The van der Waals surface area contributed by atoms with E-state index in [1.807, 2.05) is 0 Å². The van der Waals surface area contributed by atoms with E-state index >= 15 is 0 Å². The minimum atomic E-state index is -5.34. The molecule has 2 rings (SSSR count). The first-order chi connectivity index (χ1) is 16.8. The number of hydrogen-bond acceptors (Lipinski definition) is 5. The van der Waals surface area contributed by atoms with Crippen molar-refractivity contribution >= 4 is 23.6 Å². The Bertz CT molecular complexity index is 1110. The van der Waals surface area contributed by atoms with Crippen LogP contribution in [0.25, 0.3) is 5.57 Å². The largest absolute Gasteiger partial charge is 0.420 e. The fourth-order valence-electron chi connectivity index (χ4n) is 2.88. The quantitative estimate of drug-likeness (QED) is 0.266. The minimum absolute atomic E-state index is 0.0404. The van der Waals surface area contributed by atoms with E-state index < -0.39 is 46.7 Å². The Labute approximate surface area is 201 Å². The molecule has 0 heterocycles. The number of benzene rings is 2. The maximum absolute atomic E-state index is 13.9. The third-order valence-electron chi connectivity index (χ3n) is 4.69. The average molecular weight is 521 g/mol. The predicted molar refractivity (Wildman–Crippen MR) is 119 cm³/mol. The summed E-state index contributed by atoms with van der Waals surface area (Å²) in [7, 11) is 1.13. The number of hydrogen-bond donors (Lipinski definition) is 1. The highest BCUT2D eigenvalue weighted by molar-refractivity contribution is 6.11. The number of aliphatic imine (C=N–C) groups is 1. The number of carbonyl (C=O) groups excluding carboxylic acids is 1. The van der Waals surface area contributed by atoms with Crippen molar-refractivity contribution in [3.05, 3.63) is 65.1 Å². The van der Waals surface area contributed by atoms with Crippen LogP contribution in [0, 0.1) is 5.82 Å². The molecular weight excluding hydrogens is 499 g/mol. The van der Waals surface area contributed by atoms with Gasteiger partial charge in [-0.2, -0.15) is 26.3 Å². The lowest BCUT2D eigenvalue weighted by atomic mass is 9.98. The second-order valence-corrected chi connectivity index (χ2v) is 7.15. The van der Waals surface area contributed by atoms with Crippen LogP contribution in [0.2, 0.25) is 0 Å². The Hall–Kier alpha value is -3.61. The zero-order valence-electron chi connectivity index (χ0n) is 19.1. The Morgan fingerprint density at radius 1 is 1.08 bits per heavy atom. The fraction of sp³-hybridized carbons (Fsp3) is 0.304. The summed E-state index contributed by atoms with van der Waals surface area (Å²) in [5, 5.41) is 0. The molecule has 2 aromatic rings. The first-order valence-electron chi connectivity index (χ1n) is 10.3. The summed E-state index contributed by atoms with van der Waals surface area (Å²) in [6.45, 7) is 2.28. The van der Waals surface area contributed by atoms with Crippen LogP contribution in [0.1, 0.15) is 23.6 Å². The Morgan fingerprint density at radius 3 is 2.25 bits per heavy atom. The average Bonchev–Trinajstić information content (AvgIpc) is 2.80. The number of carbonyl (C=O) groups is 1. The van der Waals surface area contributed by atoms with Gasteiger partial charge in [0, 0.05) is 42.9 Å². The summed E-state index contributed by atoms with van der Waals surface area (Å²) in [6, 6.07) is 4.53. The van der Waals surface area contributed by atoms with Crippen molar-refractivity contribution in [2.75, 3.05) is 31.7 Å². The van der Waals surface area contributed by atoms with E-state index in [0.717, 1.165) is 48.6 Å². The van der Waals surface area contributed by atoms with E-state index in [2.05, 4.69) is 4.99 Å². The molecule has 0 saturated carbocycles. The van der Waals surface area contributed by atoms with Gasteiger partial charge < -0.3 is 15.2 Å². The maximum Gasteiger partial charge on any atom is 0.420 e. The number of nitrogens with two attached hydrogens (primary N) is 1. The zero-order chi connectivity index (χ0) is 27.1. The van der Waals surface area contributed by atoms with Crippen LogP contribution in [0.15, 0.2) is 47.6 Å². The summed E-state index contributed by atoms with van der Waals surface area (Å²) in [4.78, 5) is 17.3. The summed E-state index contributed by atoms with van der Waals surface area (Å²) >= 11 is 0. The predicted octanol–water partition coefficient (Wildman–Crippen LogP) is 5.91. The molecule has 0 bridgehead atoms. The van der Waals surface area contributed by atoms with Gasteiger partial charge in [-0.1, -0.05) is 0 Å². The van der Waals surface area contributed by atoms with Crippen LogP contribution in [-0.2, 0) is 17.1 Å². The van der Waals surface area contributed by atoms with Crippen molar-refractivity contribution in [1.29, 1.82) is 0 Å². The molecule has 0 fully saturated rings. The maximum atomic E-state index is 13.9. The van der Waals surface area contributed by atoms with Crippen LogP contribution < -0.4 is 15.4 Å². The number of alkyl halides is 6. The first-order valence-corrected chi connectivity index (χ1v) is 10.3. The molecule has 196 valence electrons. The molecule has 36 heavy (non-hydrogen) atoms. The van der Waals surface area contributed by atoms with Crippen molar-refractivity contribution < 1.29 is 45.0 Å². The third-order valence-corrected chi connectivity index (χ3v) is 4.69. The van der Waals surface area contributed by atoms with E-state index in [4.69, 9.17) is 15.2 Å². The molecule has 13 heteroatoms. The molecule has 1 amide bonds. The highest BCUT2D eigenvalue weighted by Gasteiger charge is 2.41. The summed E-state index contributed by atoms with van der Waals surface area (Å²) in [5.74, 6) is -1.84. The second kappa shape index (κ2) is 11.9. The molecule has 0 aliphatic carbocycles. The Morgan fingerprint density at radius 2 is 1.72 bits per heavy atom. The number of nitrogens with zero attached hydrogens (tertiary/aromatic N) is 2. The smallest absolute Gasteiger partial charge is 0.409 e. The van der Waals surface area contributed by atoms with Crippen LogP contribution in [-0.4, -0.2) is 39.1 Å². The lowest BCUT2D eigenvalue weighted by molar-refractivity contribution is -0.143. The van der Waals surface area contributed by atoms with Gasteiger partial charge >= 0.3 is 18.4 Å². The van der Waals surface area contributed by atoms with Gasteiger partial charge in [-0.05, 0) is 43.3 Å². The Balaban J connectivity index is 2.63. The van der Waals surface area contributed by atoms with Gasteiger partial charge in [0.2, 0.25) is 0 Å². The molecule has 0 atom stereocenters. The number of allylic oxidation sites excluding steroid dienone is 1. The molecule has 2 N–H and O–H groups in total. The van der Waals surface area contributed by atoms with Crippen LogP contribution in [0.3, 0.4) is 0 Å². The standard InChI is InChI=1S/C23H22F7N3O3/c1-3-35-9-8-32-13-14(12-31)18-10-15(22(25,26)27)11-19(23(28,29)30)20(18)36-21(34)33(2)17-6-4-16(24)5-7-17/h4-7,10-13H,3,8-9,31H2,1-2H3/b14-12+,32-13?. The van der Waals surface area contributed by atoms with Gasteiger partial charge in [0.25, 0.3) is 0 Å². The van der Waals surface area contributed by atoms with E-state index in [9.17, 15) is 35.5 Å². The van der Waals surface area contributed by atoms with Crippen molar-refractivity contribution in [2.24, 2.45) is 10.7 Å². The number of halogens is 7.